The van der Waals surface area contributed by atoms with Gasteiger partial charge in [0.1, 0.15) is 11.5 Å². The minimum Gasteiger partial charge on any atom is -0.497 e. The Balaban J connectivity index is 2.18. The van der Waals surface area contributed by atoms with Crippen LogP contribution in [-0.4, -0.2) is 14.2 Å². The van der Waals surface area contributed by atoms with Gasteiger partial charge in [-0.15, -0.1) is 0 Å². The molecule has 0 unspecified atom stereocenters. The molecule has 2 aromatic rings. The third-order valence-electron chi connectivity index (χ3n) is 3.37. The molecular weight excluding hydrogens is 286 g/mol. The van der Waals surface area contributed by atoms with Crippen LogP contribution in [0.5, 0.6) is 11.5 Å². The monoisotopic (exact) mass is 304 g/mol. The Morgan fingerprint density at radius 3 is 2.00 bits per heavy atom. The number of methoxy groups -OCH3 is 2. The molecule has 0 heterocycles. The highest BCUT2D eigenvalue weighted by Crippen LogP contribution is 2.30. The molecule has 0 atom stereocenters. The lowest BCUT2D eigenvalue weighted by molar-refractivity contribution is 0.394. The molecule has 0 fully saturated rings. The van der Waals surface area contributed by atoms with E-state index in [1.807, 2.05) is 42.5 Å². The van der Waals surface area contributed by atoms with Crippen molar-refractivity contribution in [3.63, 3.8) is 0 Å². The van der Waals surface area contributed by atoms with Crippen LogP contribution < -0.4 is 9.47 Å². The summed E-state index contributed by atoms with van der Waals surface area (Å²) in [5.74, 6) is 1.45. The number of hydrogen-bond acceptors (Lipinski definition) is 2. The number of benzene rings is 2. The van der Waals surface area contributed by atoms with Crippen molar-refractivity contribution in [2.24, 2.45) is 0 Å². The van der Waals surface area contributed by atoms with Gasteiger partial charge in [0.05, 0.1) is 14.2 Å². The normalized spacial score (nSPS) is 10.2. The summed E-state index contributed by atoms with van der Waals surface area (Å²) in [6, 6.07) is 13.5. The third-order valence-corrected chi connectivity index (χ3v) is 3.37. The third kappa shape index (κ3) is 4.32. The highest BCUT2D eigenvalue weighted by molar-refractivity contribution is 5.67. The van der Waals surface area contributed by atoms with E-state index in [-0.39, 0.29) is 0 Å². The van der Waals surface area contributed by atoms with Crippen molar-refractivity contribution in [2.45, 2.75) is 12.8 Å². The first-order valence-electron chi connectivity index (χ1n) is 6.96. The maximum absolute atomic E-state index is 12.0. The number of halogens is 2. The van der Waals surface area contributed by atoms with Gasteiger partial charge in [0.25, 0.3) is 6.08 Å². The van der Waals surface area contributed by atoms with Crippen LogP contribution in [0.4, 0.5) is 8.78 Å². The molecule has 0 aliphatic rings. The SMILES string of the molecule is COc1cc(OC)cc(-c2ccc(CCC=C(F)F)cc2)c1. The zero-order chi connectivity index (χ0) is 15.9. The molecule has 2 rings (SSSR count). The molecule has 0 bridgehead atoms. The second-order valence-corrected chi connectivity index (χ2v) is 4.83. The van der Waals surface area contributed by atoms with Crippen LogP contribution in [0.25, 0.3) is 11.1 Å². The molecule has 0 aromatic heterocycles. The summed E-state index contributed by atoms with van der Waals surface area (Å²) >= 11 is 0. The highest BCUT2D eigenvalue weighted by Gasteiger charge is 2.04. The fraction of sp³-hybridized carbons (Fsp3) is 0.222. The van der Waals surface area contributed by atoms with Crippen molar-refractivity contribution in [1.29, 1.82) is 0 Å². The number of aryl methyl sites for hydroxylation is 1. The predicted molar refractivity (Wildman–Crippen MR) is 83.6 cm³/mol. The minimum absolute atomic E-state index is 0.342. The highest BCUT2D eigenvalue weighted by atomic mass is 19.3. The number of hydrogen-bond donors (Lipinski definition) is 0. The zero-order valence-corrected chi connectivity index (χ0v) is 12.6. The molecule has 0 amide bonds. The van der Waals surface area contributed by atoms with E-state index in [1.165, 1.54) is 0 Å². The smallest absolute Gasteiger partial charge is 0.266 e. The van der Waals surface area contributed by atoms with Crippen molar-refractivity contribution < 1.29 is 18.3 Å². The Morgan fingerprint density at radius 2 is 1.50 bits per heavy atom. The van der Waals surface area contributed by atoms with E-state index in [4.69, 9.17) is 9.47 Å². The van der Waals surface area contributed by atoms with Crippen LogP contribution in [-0.2, 0) is 6.42 Å². The molecule has 0 saturated heterocycles. The van der Waals surface area contributed by atoms with Gasteiger partial charge in [0.15, 0.2) is 0 Å². The summed E-state index contributed by atoms with van der Waals surface area (Å²) < 4.78 is 34.5. The van der Waals surface area contributed by atoms with Crippen LogP contribution in [0.3, 0.4) is 0 Å². The summed E-state index contributed by atoms with van der Waals surface area (Å²) in [6.07, 6.45) is 0.259. The number of ether oxygens (including phenoxy) is 2. The van der Waals surface area contributed by atoms with E-state index in [1.54, 1.807) is 14.2 Å². The van der Waals surface area contributed by atoms with E-state index < -0.39 is 6.08 Å². The Labute approximate surface area is 129 Å². The summed E-state index contributed by atoms with van der Waals surface area (Å²) in [5, 5.41) is 0. The molecular formula is C18H18F2O2. The molecule has 22 heavy (non-hydrogen) atoms. The standard InChI is InChI=1S/C18H18F2O2/c1-21-16-10-15(11-17(12-16)22-2)14-8-6-13(7-9-14)4-3-5-18(19)20/h5-12H,3-4H2,1-2H3. The van der Waals surface area contributed by atoms with E-state index in [0.717, 1.165) is 34.3 Å². The first kappa shape index (κ1) is 16.0. The van der Waals surface area contributed by atoms with Crippen molar-refractivity contribution in [3.05, 3.63) is 60.2 Å². The molecule has 0 saturated carbocycles. The Morgan fingerprint density at radius 1 is 0.909 bits per heavy atom. The summed E-state index contributed by atoms with van der Waals surface area (Å²) in [7, 11) is 3.22. The van der Waals surface area contributed by atoms with E-state index in [2.05, 4.69) is 0 Å². The first-order chi connectivity index (χ1) is 10.6. The van der Waals surface area contributed by atoms with Crippen LogP contribution in [0.1, 0.15) is 12.0 Å². The van der Waals surface area contributed by atoms with E-state index >= 15 is 0 Å². The van der Waals surface area contributed by atoms with Crippen molar-refractivity contribution in [1.82, 2.24) is 0 Å². The van der Waals surface area contributed by atoms with Gasteiger partial charge >= 0.3 is 0 Å². The van der Waals surface area contributed by atoms with E-state index in [9.17, 15) is 8.78 Å². The fourth-order valence-electron chi connectivity index (χ4n) is 2.19. The average molecular weight is 304 g/mol. The van der Waals surface area contributed by atoms with Gasteiger partial charge in [-0.1, -0.05) is 24.3 Å². The molecule has 0 aliphatic carbocycles. The lowest BCUT2D eigenvalue weighted by Crippen LogP contribution is -1.89. The summed E-state index contributed by atoms with van der Waals surface area (Å²) in [4.78, 5) is 0. The summed E-state index contributed by atoms with van der Waals surface area (Å²) in [6.45, 7) is 0. The maximum atomic E-state index is 12.0. The fourth-order valence-corrected chi connectivity index (χ4v) is 2.19. The zero-order valence-electron chi connectivity index (χ0n) is 12.6. The Bertz CT molecular complexity index is 622. The lowest BCUT2D eigenvalue weighted by atomic mass is 10.0. The van der Waals surface area contributed by atoms with Crippen LogP contribution in [0.2, 0.25) is 0 Å². The predicted octanol–water partition coefficient (Wildman–Crippen LogP) is 5.08. The van der Waals surface area contributed by atoms with Gasteiger partial charge in [-0.25, -0.2) is 0 Å². The molecule has 2 aromatic carbocycles. The number of rotatable bonds is 6. The van der Waals surface area contributed by atoms with Crippen molar-refractivity contribution in [3.8, 4) is 22.6 Å². The summed E-state index contributed by atoms with van der Waals surface area (Å²) in [5.41, 5.74) is 3.03. The Kier molecular flexibility index (Phi) is 5.53. The average Bonchev–Trinajstić information content (AvgIpc) is 2.54. The molecule has 0 aliphatic heterocycles. The van der Waals surface area contributed by atoms with Crippen molar-refractivity contribution in [2.75, 3.05) is 14.2 Å². The van der Waals surface area contributed by atoms with Gasteiger partial charge in [0.2, 0.25) is 0 Å². The topological polar surface area (TPSA) is 18.5 Å². The molecule has 4 heteroatoms. The minimum atomic E-state index is -1.62. The quantitative estimate of drug-likeness (QED) is 0.740. The van der Waals surface area contributed by atoms with Crippen molar-refractivity contribution >= 4 is 0 Å². The molecule has 0 spiro atoms. The first-order valence-corrected chi connectivity index (χ1v) is 6.96. The van der Waals surface area contributed by atoms with Crippen LogP contribution in [0, 0.1) is 0 Å². The second kappa shape index (κ2) is 7.59. The van der Waals surface area contributed by atoms with Crippen LogP contribution in [0.15, 0.2) is 54.6 Å². The molecule has 0 N–H and O–H groups in total. The van der Waals surface area contributed by atoms with Gasteiger partial charge < -0.3 is 9.47 Å². The van der Waals surface area contributed by atoms with E-state index in [0.29, 0.717) is 12.8 Å². The second-order valence-electron chi connectivity index (χ2n) is 4.83. The molecule has 2 nitrogen and oxygen atoms in total. The molecule has 0 radical (unpaired) electrons. The number of allylic oxidation sites excluding steroid dienone is 1. The van der Waals surface area contributed by atoms with Gasteiger partial charge in [-0.2, -0.15) is 8.78 Å². The van der Waals surface area contributed by atoms with Gasteiger partial charge in [-0.3, -0.25) is 0 Å². The molecule has 116 valence electrons. The Hall–Kier alpha value is -2.36. The maximum Gasteiger partial charge on any atom is 0.266 e. The largest absolute Gasteiger partial charge is 0.497 e. The lowest BCUT2D eigenvalue weighted by Gasteiger charge is -2.09. The van der Waals surface area contributed by atoms with Gasteiger partial charge in [-0.05, 0) is 47.7 Å². The van der Waals surface area contributed by atoms with Crippen LogP contribution >= 0.6 is 0 Å². The van der Waals surface area contributed by atoms with Gasteiger partial charge in [0, 0.05) is 6.07 Å².